The van der Waals surface area contributed by atoms with Gasteiger partial charge >= 0.3 is 0 Å². The van der Waals surface area contributed by atoms with Gasteiger partial charge in [-0.1, -0.05) is 6.92 Å². The molecule has 6 heteroatoms. The van der Waals surface area contributed by atoms with Gasteiger partial charge in [0.1, 0.15) is 5.01 Å². The lowest BCUT2D eigenvalue weighted by atomic mass is 10.3. The van der Waals surface area contributed by atoms with Crippen LogP contribution in [0, 0.1) is 0 Å². The molecule has 0 atom stereocenters. The summed E-state index contributed by atoms with van der Waals surface area (Å²) in [5, 5.41) is 4.69. The SMILES string of the molecule is CCN1CCN(Cc2ncc(CN3CCNCC3)s2)CC1. The van der Waals surface area contributed by atoms with E-state index < -0.39 is 0 Å². The van der Waals surface area contributed by atoms with Gasteiger partial charge in [0.2, 0.25) is 0 Å². The Hall–Kier alpha value is -0.530. The van der Waals surface area contributed by atoms with Crippen LogP contribution in [0.25, 0.3) is 0 Å². The monoisotopic (exact) mass is 309 g/mol. The summed E-state index contributed by atoms with van der Waals surface area (Å²) < 4.78 is 0. The van der Waals surface area contributed by atoms with E-state index in [2.05, 4.69) is 38.1 Å². The molecule has 3 rings (SSSR count). The maximum Gasteiger partial charge on any atom is 0.107 e. The molecule has 0 radical (unpaired) electrons. The van der Waals surface area contributed by atoms with Crippen molar-refractivity contribution in [3.05, 3.63) is 16.1 Å². The number of rotatable bonds is 5. The first-order valence-corrected chi connectivity index (χ1v) is 8.96. The number of hydrogen-bond acceptors (Lipinski definition) is 6. The predicted molar refractivity (Wildman–Crippen MR) is 87.7 cm³/mol. The van der Waals surface area contributed by atoms with E-state index >= 15 is 0 Å². The van der Waals surface area contributed by atoms with Crippen LogP contribution in [0.3, 0.4) is 0 Å². The minimum atomic E-state index is 1.03. The van der Waals surface area contributed by atoms with Crippen LogP contribution in [0.15, 0.2) is 6.20 Å². The number of aromatic nitrogens is 1. The average molecular weight is 309 g/mol. The van der Waals surface area contributed by atoms with Gasteiger partial charge < -0.3 is 10.2 Å². The van der Waals surface area contributed by atoms with Crippen molar-refractivity contribution < 1.29 is 0 Å². The summed E-state index contributed by atoms with van der Waals surface area (Å²) in [7, 11) is 0. The summed E-state index contributed by atoms with van der Waals surface area (Å²) in [6, 6.07) is 0. The molecule has 0 aliphatic carbocycles. The second-order valence-electron chi connectivity index (χ2n) is 5.96. The normalized spacial score (nSPS) is 22.7. The maximum atomic E-state index is 4.64. The van der Waals surface area contributed by atoms with Crippen LogP contribution in [0.4, 0.5) is 0 Å². The molecule has 21 heavy (non-hydrogen) atoms. The van der Waals surface area contributed by atoms with Gasteiger partial charge in [0.05, 0.1) is 6.54 Å². The summed E-state index contributed by atoms with van der Waals surface area (Å²) in [5.74, 6) is 0. The molecule has 2 saturated heterocycles. The van der Waals surface area contributed by atoms with Crippen molar-refractivity contribution in [1.29, 1.82) is 0 Å². The number of nitrogens with zero attached hydrogens (tertiary/aromatic N) is 4. The number of thiazole rings is 1. The maximum absolute atomic E-state index is 4.64. The van der Waals surface area contributed by atoms with E-state index in [0.29, 0.717) is 0 Å². The smallest absolute Gasteiger partial charge is 0.107 e. The third-order valence-electron chi connectivity index (χ3n) is 4.46. The van der Waals surface area contributed by atoms with Gasteiger partial charge in [0.25, 0.3) is 0 Å². The van der Waals surface area contributed by atoms with Gasteiger partial charge in [-0.05, 0) is 6.54 Å². The van der Waals surface area contributed by atoms with Crippen molar-refractivity contribution >= 4 is 11.3 Å². The lowest BCUT2D eigenvalue weighted by Crippen LogP contribution is -2.45. The fourth-order valence-corrected chi connectivity index (χ4v) is 4.05. The lowest BCUT2D eigenvalue weighted by molar-refractivity contribution is 0.132. The van der Waals surface area contributed by atoms with Crippen molar-refractivity contribution in [3.8, 4) is 0 Å². The zero-order valence-corrected chi connectivity index (χ0v) is 13.9. The molecule has 0 unspecified atom stereocenters. The minimum Gasteiger partial charge on any atom is -0.314 e. The largest absolute Gasteiger partial charge is 0.314 e. The van der Waals surface area contributed by atoms with Crippen LogP contribution in [-0.4, -0.2) is 78.6 Å². The van der Waals surface area contributed by atoms with Crippen LogP contribution in [0.1, 0.15) is 16.8 Å². The third kappa shape index (κ3) is 4.47. The molecule has 1 aromatic heterocycles. The standard InChI is InChI=1S/C15H27N5S/c1-2-18-7-9-20(10-8-18)13-15-17-11-14(21-15)12-19-5-3-16-4-6-19/h11,16H,2-10,12-13H2,1H3. The zero-order valence-electron chi connectivity index (χ0n) is 13.1. The predicted octanol–water partition coefficient (Wildman–Crippen LogP) is 0.686. The van der Waals surface area contributed by atoms with E-state index in [-0.39, 0.29) is 0 Å². The molecule has 2 aliphatic rings. The first-order chi connectivity index (χ1) is 10.3. The van der Waals surface area contributed by atoms with Gasteiger partial charge in [-0.15, -0.1) is 11.3 Å². The van der Waals surface area contributed by atoms with E-state index in [1.165, 1.54) is 42.6 Å². The molecule has 0 saturated carbocycles. The number of likely N-dealkylation sites (N-methyl/N-ethyl adjacent to an activating group) is 1. The lowest BCUT2D eigenvalue weighted by Gasteiger charge is -2.33. The number of piperazine rings is 2. The Morgan fingerprint density at radius 2 is 1.67 bits per heavy atom. The number of hydrogen-bond donors (Lipinski definition) is 1. The second kappa shape index (κ2) is 7.65. The minimum absolute atomic E-state index is 1.03. The zero-order chi connectivity index (χ0) is 14.5. The molecular weight excluding hydrogens is 282 g/mol. The molecule has 2 fully saturated rings. The van der Waals surface area contributed by atoms with Gasteiger partial charge in [0, 0.05) is 70.0 Å². The van der Waals surface area contributed by atoms with E-state index in [0.717, 1.165) is 39.3 Å². The fourth-order valence-electron chi connectivity index (χ4n) is 3.04. The van der Waals surface area contributed by atoms with Gasteiger partial charge in [-0.2, -0.15) is 0 Å². The molecule has 0 aromatic carbocycles. The van der Waals surface area contributed by atoms with Gasteiger partial charge in [0.15, 0.2) is 0 Å². The second-order valence-corrected chi connectivity index (χ2v) is 7.16. The molecule has 5 nitrogen and oxygen atoms in total. The van der Waals surface area contributed by atoms with Crippen LogP contribution in [0.5, 0.6) is 0 Å². The highest BCUT2D eigenvalue weighted by molar-refractivity contribution is 7.11. The third-order valence-corrected chi connectivity index (χ3v) is 5.43. The molecule has 0 amide bonds. The van der Waals surface area contributed by atoms with Crippen molar-refractivity contribution in [2.75, 3.05) is 58.9 Å². The Morgan fingerprint density at radius 3 is 2.38 bits per heavy atom. The van der Waals surface area contributed by atoms with Crippen molar-refractivity contribution in [3.63, 3.8) is 0 Å². The molecular formula is C15H27N5S. The van der Waals surface area contributed by atoms with Crippen LogP contribution in [0.2, 0.25) is 0 Å². The Bertz CT molecular complexity index is 421. The van der Waals surface area contributed by atoms with Crippen LogP contribution in [-0.2, 0) is 13.1 Å². The van der Waals surface area contributed by atoms with E-state index in [1.54, 1.807) is 0 Å². The van der Waals surface area contributed by atoms with Crippen molar-refractivity contribution in [2.45, 2.75) is 20.0 Å². The Morgan fingerprint density at radius 1 is 1.00 bits per heavy atom. The summed E-state index contributed by atoms with van der Waals surface area (Å²) >= 11 is 1.90. The molecule has 1 aromatic rings. The van der Waals surface area contributed by atoms with Gasteiger partial charge in [-0.25, -0.2) is 4.98 Å². The fraction of sp³-hybridized carbons (Fsp3) is 0.800. The highest BCUT2D eigenvalue weighted by Crippen LogP contribution is 2.18. The van der Waals surface area contributed by atoms with E-state index in [9.17, 15) is 0 Å². The highest BCUT2D eigenvalue weighted by atomic mass is 32.1. The summed E-state index contributed by atoms with van der Waals surface area (Å²) in [6.45, 7) is 14.9. The average Bonchev–Trinajstić information content (AvgIpc) is 2.96. The van der Waals surface area contributed by atoms with Crippen LogP contribution < -0.4 is 5.32 Å². The van der Waals surface area contributed by atoms with Crippen molar-refractivity contribution in [2.24, 2.45) is 0 Å². The topological polar surface area (TPSA) is 34.6 Å². The highest BCUT2D eigenvalue weighted by Gasteiger charge is 2.17. The molecule has 3 heterocycles. The first-order valence-electron chi connectivity index (χ1n) is 8.15. The molecule has 0 bridgehead atoms. The summed E-state index contributed by atoms with van der Waals surface area (Å²) in [4.78, 5) is 13.6. The van der Waals surface area contributed by atoms with E-state index in [1.807, 2.05) is 11.3 Å². The van der Waals surface area contributed by atoms with Gasteiger partial charge in [-0.3, -0.25) is 9.80 Å². The molecule has 2 aliphatic heterocycles. The Kier molecular flexibility index (Phi) is 5.60. The summed E-state index contributed by atoms with van der Waals surface area (Å²) in [6.07, 6.45) is 2.09. The summed E-state index contributed by atoms with van der Waals surface area (Å²) in [5.41, 5.74) is 0. The van der Waals surface area contributed by atoms with E-state index in [4.69, 9.17) is 0 Å². The quantitative estimate of drug-likeness (QED) is 0.865. The Labute approximate surface area is 131 Å². The molecule has 0 spiro atoms. The van der Waals surface area contributed by atoms with Crippen molar-refractivity contribution in [1.82, 2.24) is 25.0 Å². The number of nitrogens with one attached hydrogen (secondary N) is 1. The van der Waals surface area contributed by atoms with Crippen LogP contribution >= 0.6 is 11.3 Å². The molecule has 118 valence electrons. The molecule has 1 N–H and O–H groups in total. The first kappa shape index (κ1) is 15.4. The Balaban J connectivity index is 1.46.